The lowest BCUT2D eigenvalue weighted by molar-refractivity contribution is -0.137. The van der Waals surface area contributed by atoms with Gasteiger partial charge in [-0.05, 0) is 24.6 Å². The van der Waals surface area contributed by atoms with E-state index in [1.807, 2.05) is 0 Å². The summed E-state index contributed by atoms with van der Waals surface area (Å²) < 4.78 is 37.2. The Balaban J connectivity index is 3.01. The molecule has 0 aliphatic heterocycles. The molecule has 0 aliphatic rings. The van der Waals surface area contributed by atoms with Gasteiger partial charge in [0.15, 0.2) is 0 Å². The first-order valence-corrected chi connectivity index (χ1v) is 5.56. The van der Waals surface area contributed by atoms with Gasteiger partial charge in [-0.1, -0.05) is 24.3 Å². The molecule has 0 aliphatic carbocycles. The minimum Gasteiger partial charge on any atom is -0.395 e. The summed E-state index contributed by atoms with van der Waals surface area (Å²) in [6.45, 7) is 1.57. The maximum atomic E-state index is 12.4. The second kappa shape index (κ2) is 6.02. The molecule has 0 aromatic heterocycles. The zero-order valence-electron chi connectivity index (χ0n) is 9.98. The van der Waals surface area contributed by atoms with Crippen molar-refractivity contribution in [2.75, 3.05) is 6.61 Å². The Kier molecular flexibility index (Phi) is 4.93. The van der Waals surface area contributed by atoms with Crippen LogP contribution in [-0.2, 0) is 6.18 Å². The number of aliphatic hydroxyl groups excluding tert-OH is 1. The molecule has 0 spiro atoms. The van der Waals surface area contributed by atoms with Gasteiger partial charge >= 0.3 is 6.18 Å². The quantitative estimate of drug-likeness (QED) is 0.817. The Morgan fingerprint density at radius 3 is 2.22 bits per heavy atom. The van der Waals surface area contributed by atoms with E-state index in [0.717, 1.165) is 12.1 Å². The van der Waals surface area contributed by atoms with E-state index in [1.165, 1.54) is 12.1 Å². The monoisotopic (exact) mass is 259 g/mol. The van der Waals surface area contributed by atoms with Crippen LogP contribution >= 0.6 is 0 Å². The minimum absolute atomic E-state index is 0.226. The van der Waals surface area contributed by atoms with Gasteiger partial charge in [-0.2, -0.15) is 13.2 Å². The van der Waals surface area contributed by atoms with E-state index in [1.54, 1.807) is 19.1 Å². The van der Waals surface area contributed by atoms with Crippen molar-refractivity contribution in [3.63, 3.8) is 0 Å². The molecule has 1 rings (SSSR count). The Morgan fingerprint density at radius 2 is 1.83 bits per heavy atom. The van der Waals surface area contributed by atoms with E-state index in [-0.39, 0.29) is 12.5 Å². The predicted octanol–water partition coefficient (Wildman–Crippen LogP) is 2.68. The lowest BCUT2D eigenvalue weighted by Crippen LogP contribution is -2.31. The molecule has 5 heteroatoms. The van der Waals surface area contributed by atoms with E-state index in [0.29, 0.717) is 5.56 Å². The number of benzene rings is 1. The van der Waals surface area contributed by atoms with Gasteiger partial charge in [0.25, 0.3) is 0 Å². The highest BCUT2D eigenvalue weighted by atomic mass is 19.4. The number of aliphatic hydroxyl groups is 1. The third-order valence-electron chi connectivity index (χ3n) is 2.69. The van der Waals surface area contributed by atoms with Crippen molar-refractivity contribution in [1.29, 1.82) is 0 Å². The van der Waals surface area contributed by atoms with Gasteiger partial charge in [0, 0.05) is 12.0 Å². The fourth-order valence-electron chi connectivity index (χ4n) is 1.72. The predicted molar refractivity (Wildman–Crippen MR) is 64.1 cm³/mol. The molecular weight excluding hydrogens is 243 g/mol. The Labute approximate surface area is 104 Å². The topological polar surface area (TPSA) is 46.2 Å². The zero-order chi connectivity index (χ0) is 13.8. The van der Waals surface area contributed by atoms with Crippen LogP contribution in [0.2, 0.25) is 0 Å². The van der Waals surface area contributed by atoms with Crippen molar-refractivity contribution in [2.24, 2.45) is 5.73 Å². The van der Waals surface area contributed by atoms with E-state index < -0.39 is 17.8 Å². The fourth-order valence-corrected chi connectivity index (χ4v) is 1.72. The molecule has 2 atom stereocenters. The molecule has 0 heterocycles. The molecule has 0 saturated heterocycles. The highest BCUT2D eigenvalue weighted by molar-refractivity contribution is 5.30. The van der Waals surface area contributed by atoms with Crippen molar-refractivity contribution in [3.8, 4) is 0 Å². The molecular formula is C13H16F3NO. The molecule has 3 N–H and O–H groups in total. The molecule has 0 fully saturated rings. The summed E-state index contributed by atoms with van der Waals surface area (Å²) in [6.07, 6.45) is -0.810. The van der Waals surface area contributed by atoms with Crippen molar-refractivity contribution in [3.05, 3.63) is 47.5 Å². The van der Waals surface area contributed by atoms with Crippen molar-refractivity contribution >= 4 is 0 Å². The van der Waals surface area contributed by atoms with Crippen LogP contribution in [0.5, 0.6) is 0 Å². The molecule has 2 unspecified atom stereocenters. The molecule has 1 aromatic carbocycles. The number of rotatable bonds is 4. The van der Waals surface area contributed by atoms with Crippen LogP contribution in [0.3, 0.4) is 0 Å². The van der Waals surface area contributed by atoms with Crippen molar-refractivity contribution in [1.82, 2.24) is 0 Å². The smallest absolute Gasteiger partial charge is 0.395 e. The number of nitrogens with two attached hydrogens (primary N) is 1. The normalized spacial score (nSPS) is 15.9. The van der Waals surface area contributed by atoms with Crippen LogP contribution in [0.1, 0.15) is 24.0 Å². The average Bonchev–Trinajstić information content (AvgIpc) is 2.34. The van der Waals surface area contributed by atoms with Gasteiger partial charge in [0.05, 0.1) is 12.2 Å². The third kappa shape index (κ3) is 3.58. The molecule has 1 aromatic rings. The lowest BCUT2D eigenvalue weighted by Gasteiger charge is -2.20. The van der Waals surface area contributed by atoms with Crippen LogP contribution in [-0.4, -0.2) is 17.8 Å². The van der Waals surface area contributed by atoms with E-state index in [2.05, 4.69) is 0 Å². The second-order valence-corrected chi connectivity index (χ2v) is 4.02. The van der Waals surface area contributed by atoms with Gasteiger partial charge in [-0.15, -0.1) is 0 Å². The summed E-state index contributed by atoms with van der Waals surface area (Å²) in [7, 11) is 0. The highest BCUT2D eigenvalue weighted by Gasteiger charge is 2.30. The van der Waals surface area contributed by atoms with Gasteiger partial charge < -0.3 is 10.8 Å². The van der Waals surface area contributed by atoms with Crippen LogP contribution in [0, 0.1) is 0 Å². The van der Waals surface area contributed by atoms with Crippen LogP contribution in [0.15, 0.2) is 36.4 Å². The minimum atomic E-state index is -4.34. The Bertz CT molecular complexity index is 398. The maximum Gasteiger partial charge on any atom is 0.416 e. The van der Waals surface area contributed by atoms with Crippen molar-refractivity contribution in [2.45, 2.75) is 25.1 Å². The van der Waals surface area contributed by atoms with E-state index >= 15 is 0 Å². The summed E-state index contributed by atoms with van der Waals surface area (Å²) in [5.41, 5.74) is 5.70. The summed E-state index contributed by atoms with van der Waals surface area (Å²) in [6, 6.07) is 4.30. The molecule has 0 saturated carbocycles. The second-order valence-electron chi connectivity index (χ2n) is 4.02. The maximum absolute atomic E-state index is 12.4. The van der Waals surface area contributed by atoms with Crippen LogP contribution in [0.25, 0.3) is 0 Å². The largest absolute Gasteiger partial charge is 0.416 e. The zero-order valence-corrected chi connectivity index (χ0v) is 9.98. The fraction of sp³-hybridized carbons (Fsp3) is 0.385. The summed E-state index contributed by atoms with van der Waals surface area (Å²) in [5, 5.41) is 9.04. The molecule has 18 heavy (non-hydrogen) atoms. The van der Waals surface area contributed by atoms with Crippen molar-refractivity contribution < 1.29 is 18.3 Å². The molecule has 100 valence electrons. The highest BCUT2D eigenvalue weighted by Crippen LogP contribution is 2.30. The number of halogens is 3. The first-order valence-electron chi connectivity index (χ1n) is 5.56. The summed E-state index contributed by atoms with van der Waals surface area (Å²) in [5.74, 6) is -0.290. The number of hydrogen-bond acceptors (Lipinski definition) is 2. The van der Waals surface area contributed by atoms with Crippen LogP contribution in [0.4, 0.5) is 13.2 Å². The summed E-state index contributed by atoms with van der Waals surface area (Å²) in [4.78, 5) is 0. The molecule has 0 bridgehead atoms. The number of hydrogen-bond donors (Lipinski definition) is 2. The first-order chi connectivity index (χ1) is 8.40. The van der Waals surface area contributed by atoms with Gasteiger partial charge in [0.2, 0.25) is 0 Å². The molecule has 0 radical (unpaired) electrons. The lowest BCUT2D eigenvalue weighted by atomic mass is 9.91. The molecule has 2 nitrogen and oxygen atoms in total. The first kappa shape index (κ1) is 14.7. The number of allylic oxidation sites excluding steroid dienone is 1. The van der Waals surface area contributed by atoms with Gasteiger partial charge in [-0.3, -0.25) is 0 Å². The summed E-state index contributed by atoms with van der Waals surface area (Å²) >= 11 is 0. The van der Waals surface area contributed by atoms with Gasteiger partial charge in [-0.25, -0.2) is 0 Å². The van der Waals surface area contributed by atoms with E-state index in [9.17, 15) is 13.2 Å². The molecule has 0 amide bonds. The Hall–Kier alpha value is -1.33. The third-order valence-corrected chi connectivity index (χ3v) is 2.69. The SMILES string of the molecule is C/C=C/C(c1ccc(C(F)(F)F)cc1)C(N)CO. The number of alkyl halides is 3. The average molecular weight is 259 g/mol. The Morgan fingerprint density at radius 1 is 1.28 bits per heavy atom. The van der Waals surface area contributed by atoms with Gasteiger partial charge in [0.1, 0.15) is 0 Å². The standard InChI is InChI=1S/C13H16F3NO/c1-2-3-11(12(17)8-18)9-4-6-10(7-5-9)13(14,15)16/h2-7,11-12,18H,8,17H2,1H3/b3-2+. The van der Waals surface area contributed by atoms with E-state index in [4.69, 9.17) is 10.8 Å². The van der Waals surface area contributed by atoms with Crippen LogP contribution < -0.4 is 5.73 Å².